The lowest BCUT2D eigenvalue weighted by molar-refractivity contribution is -0.0499. The van der Waals surface area contributed by atoms with Crippen LogP contribution in [0.4, 0.5) is 8.78 Å². The van der Waals surface area contributed by atoms with Crippen LogP contribution in [0.3, 0.4) is 0 Å². The monoisotopic (exact) mass is 442 g/mol. The van der Waals surface area contributed by atoms with Crippen LogP contribution in [0.1, 0.15) is 42.5 Å². The number of hydrogen-bond donors (Lipinski definition) is 1. The number of benzene rings is 2. The number of halogens is 2. The number of amides is 1. The highest BCUT2D eigenvalue weighted by Gasteiger charge is 2.19. The largest absolute Gasteiger partial charge is 0.454 e. The van der Waals surface area contributed by atoms with E-state index in [9.17, 15) is 23.2 Å². The first kappa shape index (κ1) is 22.7. The molecule has 166 valence electrons. The van der Waals surface area contributed by atoms with Gasteiger partial charge in [0.05, 0.1) is 5.56 Å². The predicted octanol–water partition coefficient (Wildman–Crippen LogP) is 4.13. The number of esters is 1. The maximum absolute atomic E-state index is 12.6. The molecule has 0 saturated carbocycles. The average Bonchev–Trinajstić information content (AvgIpc) is 3.06. The summed E-state index contributed by atoms with van der Waals surface area (Å²) < 4.78 is 35.4. The van der Waals surface area contributed by atoms with E-state index < -0.39 is 25.0 Å². The van der Waals surface area contributed by atoms with Gasteiger partial charge in [-0.05, 0) is 50.2 Å². The maximum atomic E-state index is 12.6. The highest BCUT2D eigenvalue weighted by molar-refractivity contribution is 6.02. The van der Waals surface area contributed by atoms with E-state index in [0.29, 0.717) is 17.0 Å². The standard InChI is InChI=1S/C23H20F2N2O5/c1-14-11-19(15(2)27(14)26-21(29)16-7-4-3-5-8-16)20(28)13-31-22(30)17-9-6-10-18(12-17)32-23(24)25/h3-12,23H,13H2,1-2H3,(H,26,29). The highest BCUT2D eigenvalue weighted by Crippen LogP contribution is 2.18. The van der Waals surface area contributed by atoms with Crippen LogP contribution < -0.4 is 10.2 Å². The third-order valence-corrected chi connectivity index (χ3v) is 4.61. The van der Waals surface area contributed by atoms with Gasteiger partial charge in [-0.15, -0.1) is 0 Å². The number of carbonyl (C=O) groups excluding carboxylic acids is 3. The molecule has 0 atom stereocenters. The lowest BCUT2D eigenvalue weighted by Gasteiger charge is -2.12. The van der Waals surface area contributed by atoms with E-state index in [0.717, 1.165) is 6.07 Å². The van der Waals surface area contributed by atoms with Gasteiger partial charge in [0, 0.05) is 22.5 Å². The second-order valence-electron chi connectivity index (χ2n) is 6.83. The number of aromatic nitrogens is 1. The number of nitrogens with one attached hydrogen (secondary N) is 1. The van der Waals surface area contributed by atoms with Crippen molar-refractivity contribution in [3.05, 3.63) is 88.7 Å². The van der Waals surface area contributed by atoms with Crippen molar-refractivity contribution in [2.24, 2.45) is 0 Å². The van der Waals surface area contributed by atoms with Crippen LogP contribution in [-0.2, 0) is 4.74 Å². The molecule has 7 nitrogen and oxygen atoms in total. The molecule has 0 bridgehead atoms. The zero-order chi connectivity index (χ0) is 23.3. The van der Waals surface area contributed by atoms with E-state index in [-0.39, 0.29) is 22.8 Å². The molecule has 0 aliphatic carbocycles. The Labute approximate surface area is 182 Å². The SMILES string of the molecule is Cc1cc(C(=O)COC(=O)c2cccc(OC(F)F)c2)c(C)n1NC(=O)c1ccccc1. The number of ether oxygens (including phenoxy) is 2. The van der Waals surface area contributed by atoms with E-state index in [1.54, 1.807) is 50.2 Å². The molecule has 0 radical (unpaired) electrons. The van der Waals surface area contributed by atoms with Gasteiger partial charge in [0.15, 0.2) is 6.61 Å². The van der Waals surface area contributed by atoms with Crippen LogP contribution in [-0.4, -0.2) is 35.6 Å². The van der Waals surface area contributed by atoms with Gasteiger partial charge in [0.1, 0.15) is 5.75 Å². The zero-order valence-electron chi connectivity index (χ0n) is 17.3. The summed E-state index contributed by atoms with van der Waals surface area (Å²) in [6.45, 7) is -0.218. The van der Waals surface area contributed by atoms with Gasteiger partial charge in [-0.25, -0.2) is 4.79 Å². The molecule has 2 aromatic carbocycles. The molecule has 0 saturated heterocycles. The Morgan fingerprint density at radius 1 is 0.969 bits per heavy atom. The third-order valence-electron chi connectivity index (χ3n) is 4.61. The molecule has 1 amide bonds. The van der Waals surface area contributed by atoms with Crippen LogP contribution in [0, 0.1) is 13.8 Å². The Morgan fingerprint density at radius 3 is 2.34 bits per heavy atom. The number of alkyl halides is 2. The van der Waals surface area contributed by atoms with Crippen molar-refractivity contribution < 1.29 is 32.6 Å². The molecule has 32 heavy (non-hydrogen) atoms. The van der Waals surface area contributed by atoms with Crippen molar-refractivity contribution in [2.45, 2.75) is 20.5 Å². The van der Waals surface area contributed by atoms with Gasteiger partial charge < -0.3 is 9.47 Å². The minimum absolute atomic E-state index is 0.0310. The molecule has 9 heteroatoms. The summed E-state index contributed by atoms with van der Waals surface area (Å²) in [7, 11) is 0. The fourth-order valence-corrected chi connectivity index (χ4v) is 3.06. The molecular weight excluding hydrogens is 422 g/mol. The average molecular weight is 442 g/mol. The number of rotatable bonds is 8. The Kier molecular flexibility index (Phi) is 6.99. The molecule has 0 spiro atoms. The molecule has 3 rings (SSSR count). The van der Waals surface area contributed by atoms with E-state index in [1.165, 1.54) is 22.9 Å². The van der Waals surface area contributed by atoms with Crippen LogP contribution in [0.2, 0.25) is 0 Å². The van der Waals surface area contributed by atoms with Crippen molar-refractivity contribution in [3.8, 4) is 5.75 Å². The van der Waals surface area contributed by atoms with E-state index >= 15 is 0 Å². The number of ketones is 1. The number of aryl methyl sites for hydroxylation is 1. The van der Waals surface area contributed by atoms with Gasteiger partial charge in [0.2, 0.25) is 5.78 Å². The summed E-state index contributed by atoms with van der Waals surface area (Å²) in [6, 6.07) is 15.3. The Hall–Kier alpha value is -4.01. The molecule has 0 fully saturated rings. The Morgan fingerprint density at radius 2 is 1.66 bits per heavy atom. The Balaban J connectivity index is 1.66. The number of carbonyl (C=O) groups is 3. The normalized spacial score (nSPS) is 10.7. The summed E-state index contributed by atoms with van der Waals surface area (Å²) in [5.74, 6) is -1.88. The molecule has 3 aromatic rings. The number of Topliss-reactive ketones (excluding diaryl/α,β-unsaturated/α-hetero) is 1. The van der Waals surface area contributed by atoms with E-state index in [1.807, 2.05) is 0 Å². The number of nitrogens with zero attached hydrogens (tertiary/aromatic N) is 1. The summed E-state index contributed by atoms with van der Waals surface area (Å²) in [5, 5.41) is 0. The van der Waals surface area contributed by atoms with E-state index in [4.69, 9.17) is 4.74 Å². The lowest BCUT2D eigenvalue weighted by atomic mass is 10.1. The van der Waals surface area contributed by atoms with Crippen molar-refractivity contribution in [1.82, 2.24) is 4.68 Å². The fraction of sp³-hybridized carbons (Fsp3) is 0.174. The van der Waals surface area contributed by atoms with Crippen LogP contribution >= 0.6 is 0 Å². The van der Waals surface area contributed by atoms with Crippen molar-refractivity contribution in [2.75, 3.05) is 12.0 Å². The lowest BCUT2D eigenvalue weighted by Crippen LogP contribution is -2.25. The molecule has 0 aliphatic rings. The predicted molar refractivity (Wildman–Crippen MR) is 112 cm³/mol. The summed E-state index contributed by atoms with van der Waals surface area (Å²) in [4.78, 5) is 37.2. The molecule has 0 unspecified atom stereocenters. The molecule has 0 aliphatic heterocycles. The molecule has 1 heterocycles. The van der Waals surface area contributed by atoms with Gasteiger partial charge in [-0.2, -0.15) is 8.78 Å². The first-order valence-corrected chi connectivity index (χ1v) is 9.57. The quantitative estimate of drug-likeness (QED) is 0.419. The third kappa shape index (κ3) is 5.37. The van der Waals surface area contributed by atoms with Crippen LogP contribution in [0.15, 0.2) is 60.7 Å². The first-order valence-electron chi connectivity index (χ1n) is 9.57. The second kappa shape index (κ2) is 9.86. The summed E-state index contributed by atoms with van der Waals surface area (Å²) >= 11 is 0. The molecular formula is C23H20F2N2O5. The smallest absolute Gasteiger partial charge is 0.387 e. The topological polar surface area (TPSA) is 86.6 Å². The molecule has 1 aromatic heterocycles. The van der Waals surface area contributed by atoms with Crippen molar-refractivity contribution >= 4 is 17.7 Å². The van der Waals surface area contributed by atoms with Crippen LogP contribution in [0.5, 0.6) is 5.75 Å². The number of hydrogen-bond acceptors (Lipinski definition) is 5. The first-order chi connectivity index (χ1) is 15.3. The highest BCUT2D eigenvalue weighted by atomic mass is 19.3. The second-order valence-corrected chi connectivity index (χ2v) is 6.83. The van der Waals surface area contributed by atoms with Crippen LogP contribution in [0.25, 0.3) is 0 Å². The maximum Gasteiger partial charge on any atom is 0.387 e. The summed E-state index contributed by atoms with van der Waals surface area (Å²) in [6.07, 6.45) is 0. The fourth-order valence-electron chi connectivity index (χ4n) is 3.06. The van der Waals surface area contributed by atoms with E-state index in [2.05, 4.69) is 10.2 Å². The van der Waals surface area contributed by atoms with Gasteiger partial charge in [0.25, 0.3) is 5.91 Å². The summed E-state index contributed by atoms with van der Waals surface area (Å²) in [5.41, 5.74) is 4.51. The minimum atomic E-state index is -3.03. The molecule has 1 N–H and O–H groups in total. The van der Waals surface area contributed by atoms with Crippen molar-refractivity contribution in [3.63, 3.8) is 0 Å². The minimum Gasteiger partial charge on any atom is -0.454 e. The van der Waals surface area contributed by atoms with Gasteiger partial charge in [-0.1, -0.05) is 24.3 Å². The van der Waals surface area contributed by atoms with Gasteiger partial charge in [-0.3, -0.25) is 19.7 Å². The Bertz CT molecular complexity index is 1140. The zero-order valence-corrected chi connectivity index (χ0v) is 17.3. The van der Waals surface area contributed by atoms with Gasteiger partial charge >= 0.3 is 12.6 Å². The van der Waals surface area contributed by atoms with Crippen molar-refractivity contribution in [1.29, 1.82) is 0 Å².